The van der Waals surface area contributed by atoms with Crippen molar-refractivity contribution >= 4 is 23.6 Å². The first-order valence-electron chi connectivity index (χ1n) is 10.3. The summed E-state index contributed by atoms with van der Waals surface area (Å²) in [6.45, 7) is 2.28. The first kappa shape index (κ1) is 21.6. The molecule has 0 N–H and O–H groups in total. The molecule has 0 unspecified atom stereocenters. The Morgan fingerprint density at radius 1 is 1.06 bits per heavy atom. The van der Waals surface area contributed by atoms with Gasteiger partial charge in [0.1, 0.15) is 5.15 Å². The Bertz CT molecular complexity index is 1260. The minimum atomic E-state index is -0.129. The highest BCUT2D eigenvalue weighted by Crippen LogP contribution is 2.25. The van der Waals surface area contributed by atoms with E-state index in [0.29, 0.717) is 11.7 Å². The van der Waals surface area contributed by atoms with E-state index in [0.717, 1.165) is 33.8 Å². The minimum Gasteiger partial charge on any atom is -0.338 e. The number of aromatic nitrogens is 4. The van der Waals surface area contributed by atoms with E-state index in [9.17, 15) is 4.79 Å². The fraction of sp³-hybridized carbons (Fsp3) is 0.160. The third kappa shape index (κ3) is 4.50. The number of nitrogens with zero attached hydrogens (tertiary/aromatic N) is 5. The van der Waals surface area contributed by atoms with Crippen molar-refractivity contribution in [2.75, 3.05) is 7.05 Å². The van der Waals surface area contributed by atoms with Gasteiger partial charge in [-0.05, 0) is 25.1 Å². The summed E-state index contributed by atoms with van der Waals surface area (Å²) in [5.41, 5.74) is 5.31. The topological polar surface area (TPSA) is 56.0 Å². The number of rotatable bonds is 6. The number of para-hydroxylation sites is 1. The van der Waals surface area contributed by atoms with Crippen molar-refractivity contribution in [1.82, 2.24) is 24.5 Å². The van der Waals surface area contributed by atoms with Crippen molar-refractivity contribution in [2.45, 2.75) is 13.5 Å². The lowest BCUT2D eigenvalue weighted by Gasteiger charge is -2.15. The van der Waals surface area contributed by atoms with Crippen LogP contribution in [0.1, 0.15) is 16.8 Å². The number of carbonyl (C=O) groups is 1. The number of halogens is 1. The second-order valence-corrected chi connectivity index (χ2v) is 7.95. The lowest BCUT2D eigenvalue weighted by molar-refractivity contribution is -0.125. The van der Waals surface area contributed by atoms with Crippen LogP contribution in [0, 0.1) is 6.92 Å². The van der Waals surface area contributed by atoms with Gasteiger partial charge in [0.15, 0.2) is 0 Å². The number of hydrogen-bond donors (Lipinski definition) is 0. The van der Waals surface area contributed by atoms with Crippen molar-refractivity contribution in [3.8, 4) is 16.9 Å². The zero-order valence-corrected chi connectivity index (χ0v) is 19.0. The van der Waals surface area contributed by atoms with Gasteiger partial charge in [-0.15, -0.1) is 0 Å². The van der Waals surface area contributed by atoms with E-state index in [-0.39, 0.29) is 5.91 Å². The molecule has 0 radical (unpaired) electrons. The SMILES string of the molecule is Cc1nn(C)c(Cl)c1/C=C/C(=O)N(C)Cc1cn(-c2ccccc2)nc1-c1ccccc1. The summed E-state index contributed by atoms with van der Waals surface area (Å²) >= 11 is 6.27. The second kappa shape index (κ2) is 9.24. The van der Waals surface area contributed by atoms with Gasteiger partial charge in [0.05, 0.1) is 17.1 Å². The van der Waals surface area contributed by atoms with Crippen LogP contribution in [-0.2, 0) is 18.4 Å². The Labute approximate surface area is 192 Å². The Hall–Kier alpha value is -3.64. The van der Waals surface area contributed by atoms with Gasteiger partial charge in [-0.2, -0.15) is 10.2 Å². The molecule has 1 amide bonds. The summed E-state index contributed by atoms with van der Waals surface area (Å²) < 4.78 is 3.44. The predicted octanol–water partition coefficient (Wildman–Crippen LogP) is 4.91. The van der Waals surface area contributed by atoms with E-state index in [1.807, 2.05) is 78.5 Å². The average Bonchev–Trinajstić information content (AvgIpc) is 3.33. The van der Waals surface area contributed by atoms with Crippen molar-refractivity contribution in [1.29, 1.82) is 0 Å². The van der Waals surface area contributed by atoms with Gasteiger partial charge in [0, 0.05) is 49.6 Å². The maximum absolute atomic E-state index is 12.8. The summed E-state index contributed by atoms with van der Waals surface area (Å²) in [6.07, 6.45) is 5.22. The van der Waals surface area contributed by atoms with Crippen LogP contribution >= 0.6 is 11.6 Å². The fourth-order valence-corrected chi connectivity index (χ4v) is 3.77. The summed E-state index contributed by atoms with van der Waals surface area (Å²) in [6, 6.07) is 19.9. The molecule has 0 atom stereocenters. The maximum Gasteiger partial charge on any atom is 0.246 e. The molecule has 4 rings (SSSR count). The molecule has 2 aromatic carbocycles. The second-order valence-electron chi connectivity index (χ2n) is 7.59. The molecule has 0 aliphatic heterocycles. The highest BCUT2D eigenvalue weighted by atomic mass is 35.5. The largest absolute Gasteiger partial charge is 0.338 e. The molecule has 0 aliphatic carbocycles. The number of aryl methyl sites for hydroxylation is 2. The zero-order chi connectivity index (χ0) is 22.7. The van der Waals surface area contributed by atoms with E-state index in [4.69, 9.17) is 16.7 Å². The zero-order valence-electron chi connectivity index (χ0n) is 18.2. The van der Waals surface area contributed by atoms with E-state index in [2.05, 4.69) is 5.10 Å². The molecule has 6 nitrogen and oxygen atoms in total. The lowest BCUT2D eigenvalue weighted by atomic mass is 10.1. The molecule has 0 bridgehead atoms. The molecule has 0 saturated carbocycles. The minimum absolute atomic E-state index is 0.129. The van der Waals surface area contributed by atoms with Gasteiger partial charge in [-0.3, -0.25) is 9.48 Å². The van der Waals surface area contributed by atoms with Crippen molar-refractivity contribution < 1.29 is 4.79 Å². The normalized spacial score (nSPS) is 11.2. The van der Waals surface area contributed by atoms with Gasteiger partial charge in [0.25, 0.3) is 0 Å². The molecule has 2 aromatic heterocycles. The molecule has 4 aromatic rings. The fourth-order valence-electron chi connectivity index (χ4n) is 3.53. The van der Waals surface area contributed by atoms with Crippen LogP contribution in [0.5, 0.6) is 0 Å². The molecule has 0 aliphatic rings. The van der Waals surface area contributed by atoms with Crippen LogP contribution in [-0.4, -0.2) is 37.4 Å². The van der Waals surface area contributed by atoms with Crippen LogP contribution in [0.25, 0.3) is 23.0 Å². The summed E-state index contributed by atoms with van der Waals surface area (Å²) in [4.78, 5) is 14.5. The summed E-state index contributed by atoms with van der Waals surface area (Å²) in [5.74, 6) is -0.129. The smallest absolute Gasteiger partial charge is 0.246 e. The van der Waals surface area contributed by atoms with Gasteiger partial charge in [0.2, 0.25) is 5.91 Å². The number of hydrogen-bond acceptors (Lipinski definition) is 3. The van der Waals surface area contributed by atoms with Gasteiger partial charge < -0.3 is 4.90 Å². The standard InChI is InChI=1S/C25H24ClN5O/c1-18-22(25(26)30(3)27-18)14-15-23(32)29(2)16-20-17-31(21-12-8-5-9-13-21)28-24(20)19-10-6-4-7-11-19/h4-15,17H,16H2,1-3H3/b15-14+. The molecule has 0 saturated heterocycles. The molecule has 0 spiro atoms. The molecule has 32 heavy (non-hydrogen) atoms. The van der Waals surface area contributed by atoms with Crippen LogP contribution in [0.15, 0.2) is 72.9 Å². The van der Waals surface area contributed by atoms with E-state index in [1.54, 1.807) is 29.8 Å². The quantitative estimate of drug-likeness (QED) is 0.396. The molecule has 2 heterocycles. The van der Waals surface area contributed by atoms with E-state index in [1.165, 1.54) is 6.08 Å². The van der Waals surface area contributed by atoms with Gasteiger partial charge in [-0.1, -0.05) is 60.1 Å². The van der Waals surface area contributed by atoms with Crippen molar-refractivity contribution in [3.05, 3.63) is 94.9 Å². The van der Waals surface area contributed by atoms with Crippen LogP contribution in [0.3, 0.4) is 0 Å². The molecule has 162 valence electrons. The Kier molecular flexibility index (Phi) is 6.23. The van der Waals surface area contributed by atoms with Gasteiger partial charge >= 0.3 is 0 Å². The average molecular weight is 446 g/mol. The Balaban J connectivity index is 1.60. The first-order chi connectivity index (χ1) is 15.4. The summed E-state index contributed by atoms with van der Waals surface area (Å²) in [7, 11) is 3.55. The first-order valence-corrected chi connectivity index (χ1v) is 10.6. The van der Waals surface area contributed by atoms with Crippen LogP contribution in [0.4, 0.5) is 0 Å². The number of amides is 1. The Morgan fingerprint density at radius 3 is 2.34 bits per heavy atom. The van der Waals surface area contributed by atoms with Crippen LogP contribution < -0.4 is 0 Å². The molecule has 0 fully saturated rings. The number of likely N-dealkylation sites (N-methyl/N-ethyl adjacent to an activating group) is 1. The Morgan fingerprint density at radius 2 is 1.72 bits per heavy atom. The van der Waals surface area contributed by atoms with Gasteiger partial charge in [-0.25, -0.2) is 4.68 Å². The number of carbonyl (C=O) groups excluding carboxylic acids is 1. The molecular formula is C25H24ClN5O. The third-order valence-electron chi connectivity index (χ3n) is 5.23. The highest BCUT2D eigenvalue weighted by Gasteiger charge is 2.16. The van der Waals surface area contributed by atoms with Crippen LogP contribution in [0.2, 0.25) is 5.15 Å². The lowest BCUT2D eigenvalue weighted by Crippen LogP contribution is -2.24. The van der Waals surface area contributed by atoms with Crippen molar-refractivity contribution in [2.24, 2.45) is 7.05 Å². The molecule has 7 heteroatoms. The highest BCUT2D eigenvalue weighted by molar-refractivity contribution is 6.31. The number of benzene rings is 2. The van der Waals surface area contributed by atoms with E-state index < -0.39 is 0 Å². The maximum atomic E-state index is 12.8. The third-order valence-corrected chi connectivity index (χ3v) is 5.68. The molecular weight excluding hydrogens is 422 g/mol. The summed E-state index contributed by atoms with van der Waals surface area (Å²) in [5, 5.41) is 9.59. The monoisotopic (exact) mass is 445 g/mol. The van der Waals surface area contributed by atoms with Crippen molar-refractivity contribution in [3.63, 3.8) is 0 Å². The predicted molar refractivity (Wildman–Crippen MR) is 127 cm³/mol. The van der Waals surface area contributed by atoms with E-state index >= 15 is 0 Å².